The van der Waals surface area contributed by atoms with Crippen molar-refractivity contribution in [3.63, 3.8) is 0 Å². The van der Waals surface area contributed by atoms with Crippen molar-refractivity contribution in [2.24, 2.45) is 0 Å². The minimum Gasteiger partial charge on any atom is -0.399 e. The van der Waals surface area contributed by atoms with E-state index in [0.717, 1.165) is 10.9 Å². The van der Waals surface area contributed by atoms with Crippen LogP contribution in [0.1, 0.15) is 13.8 Å². The normalized spacial score (nSPS) is 10.7. The molecule has 2 aromatic rings. The summed E-state index contributed by atoms with van der Waals surface area (Å²) in [5.74, 6) is 0.557. The highest BCUT2D eigenvalue weighted by Gasteiger charge is 2.06. The zero-order valence-corrected chi connectivity index (χ0v) is 11.0. The maximum absolute atomic E-state index is 11.6. The number of hydrogen-bond donors (Lipinski definition) is 3. The fourth-order valence-corrected chi connectivity index (χ4v) is 1.75. The van der Waals surface area contributed by atoms with Crippen molar-refractivity contribution in [2.75, 3.05) is 17.6 Å². The summed E-state index contributed by atoms with van der Waals surface area (Å²) >= 11 is 0. The van der Waals surface area contributed by atoms with Gasteiger partial charge in [0.15, 0.2) is 0 Å². The van der Waals surface area contributed by atoms with Gasteiger partial charge in [-0.2, -0.15) is 0 Å². The van der Waals surface area contributed by atoms with E-state index in [2.05, 4.69) is 20.6 Å². The van der Waals surface area contributed by atoms with Crippen molar-refractivity contribution < 1.29 is 4.79 Å². The van der Waals surface area contributed by atoms with E-state index in [0.29, 0.717) is 11.5 Å². The quantitative estimate of drug-likeness (QED) is 0.716. The summed E-state index contributed by atoms with van der Waals surface area (Å²) in [5, 5.41) is 6.66. The number of fused-ring (bicyclic) bond motifs is 1. The van der Waals surface area contributed by atoms with Crippen LogP contribution in [0.3, 0.4) is 0 Å². The summed E-state index contributed by atoms with van der Waals surface area (Å²) in [6, 6.07) is 5.52. The molecular weight excluding hydrogens is 242 g/mol. The molecule has 0 saturated carbocycles. The second kappa shape index (κ2) is 5.51. The number of nitrogens with zero attached hydrogens (tertiary/aromatic N) is 2. The second-order valence-electron chi connectivity index (χ2n) is 4.57. The molecule has 6 heteroatoms. The lowest BCUT2D eigenvalue weighted by molar-refractivity contribution is -0.119. The van der Waals surface area contributed by atoms with Crippen LogP contribution in [0.4, 0.5) is 11.5 Å². The van der Waals surface area contributed by atoms with Crippen LogP contribution < -0.4 is 16.4 Å². The number of nitrogens with one attached hydrogen (secondary N) is 2. The Labute approximate surface area is 111 Å². The maximum atomic E-state index is 11.6. The standard InChI is InChI=1S/C13H17N5O/c1-8(2)18-12(19)6-15-13-10-4-3-9(14)5-11(10)16-7-17-13/h3-5,7-8H,6,14H2,1-2H3,(H,18,19)(H,15,16,17). The third-order valence-electron chi connectivity index (χ3n) is 2.53. The van der Waals surface area contributed by atoms with Crippen LogP contribution in [-0.2, 0) is 4.79 Å². The molecular formula is C13H17N5O. The monoisotopic (exact) mass is 259 g/mol. The lowest BCUT2D eigenvalue weighted by atomic mass is 10.2. The van der Waals surface area contributed by atoms with E-state index in [9.17, 15) is 4.79 Å². The van der Waals surface area contributed by atoms with E-state index >= 15 is 0 Å². The number of aromatic nitrogens is 2. The number of hydrogen-bond acceptors (Lipinski definition) is 5. The highest BCUT2D eigenvalue weighted by molar-refractivity contribution is 5.92. The number of carbonyl (C=O) groups is 1. The van der Waals surface area contributed by atoms with Gasteiger partial charge in [-0.1, -0.05) is 0 Å². The first-order valence-electron chi connectivity index (χ1n) is 6.09. The van der Waals surface area contributed by atoms with Crippen LogP contribution in [0, 0.1) is 0 Å². The fraction of sp³-hybridized carbons (Fsp3) is 0.308. The Bertz CT molecular complexity index is 597. The molecule has 0 atom stereocenters. The molecule has 2 rings (SSSR count). The zero-order valence-electron chi connectivity index (χ0n) is 11.0. The van der Waals surface area contributed by atoms with E-state index in [4.69, 9.17) is 5.73 Å². The van der Waals surface area contributed by atoms with Gasteiger partial charge in [0, 0.05) is 17.1 Å². The van der Waals surface area contributed by atoms with E-state index in [1.54, 1.807) is 12.1 Å². The van der Waals surface area contributed by atoms with Crippen LogP contribution >= 0.6 is 0 Å². The van der Waals surface area contributed by atoms with E-state index in [1.165, 1.54) is 6.33 Å². The fourth-order valence-electron chi connectivity index (χ4n) is 1.75. The van der Waals surface area contributed by atoms with Crippen LogP contribution in [0.25, 0.3) is 10.9 Å². The number of benzene rings is 1. The Morgan fingerprint density at radius 1 is 1.37 bits per heavy atom. The molecule has 1 aromatic carbocycles. The van der Waals surface area contributed by atoms with E-state index < -0.39 is 0 Å². The molecule has 0 aliphatic carbocycles. The van der Waals surface area contributed by atoms with E-state index in [-0.39, 0.29) is 18.5 Å². The molecule has 1 heterocycles. The zero-order chi connectivity index (χ0) is 13.8. The van der Waals surface area contributed by atoms with Crippen molar-refractivity contribution >= 4 is 28.3 Å². The lowest BCUT2D eigenvalue weighted by Crippen LogP contribution is -2.35. The second-order valence-corrected chi connectivity index (χ2v) is 4.57. The minimum atomic E-state index is -0.0720. The molecule has 4 N–H and O–H groups in total. The molecule has 0 aliphatic heterocycles. The molecule has 0 fully saturated rings. The van der Waals surface area contributed by atoms with Gasteiger partial charge in [-0.05, 0) is 32.0 Å². The molecule has 0 unspecified atom stereocenters. The van der Waals surface area contributed by atoms with Crippen LogP contribution in [0.15, 0.2) is 24.5 Å². The largest absolute Gasteiger partial charge is 0.399 e. The average Bonchev–Trinajstić information content (AvgIpc) is 2.35. The third-order valence-corrected chi connectivity index (χ3v) is 2.53. The maximum Gasteiger partial charge on any atom is 0.239 e. The van der Waals surface area contributed by atoms with Crippen LogP contribution in [0.2, 0.25) is 0 Å². The smallest absolute Gasteiger partial charge is 0.239 e. The van der Waals surface area contributed by atoms with Crippen molar-refractivity contribution in [3.05, 3.63) is 24.5 Å². The summed E-state index contributed by atoms with van der Waals surface area (Å²) in [5.41, 5.74) is 7.11. The summed E-state index contributed by atoms with van der Waals surface area (Å²) in [6.45, 7) is 4.01. The Hall–Kier alpha value is -2.37. The molecule has 0 bridgehead atoms. The third kappa shape index (κ3) is 3.31. The molecule has 100 valence electrons. The van der Waals surface area contributed by atoms with Gasteiger partial charge in [0.05, 0.1) is 12.1 Å². The SMILES string of the molecule is CC(C)NC(=O)CNc1ncnc2cc(N)ccc12. The summed E-state index contributed by atoms with van der Waals surface area (Å²) in [4.78, 5) is 19.9. The molecule has 1 amide bonds. The topological polar surface area (TPSA) is 92.9 Å². The van der Waals surface area contributed by atoms with Gasteiger partial charge < -0.3 is 16.4 Å². The van der Waals surface area contributed by atoms with Gasteiger partial charge in [0.1, 0.15) is 12.1 Å². The van der Waals surface area contributed by atoms with Crippen molar-refractivity contribution in [2.45, 2.75) is 19.9 Å². The molecule has 6 nitrogen and oxygen atoms in total. The molecule has 0 spiro atoms. The number of nitrogen functional groups attached to an aromatic ring is 1. The highest BCUT2D eigenvalue weighted by atomic mass is 16.1. The summed E-state index contributed by atoms with van der Waals surface area (Å²) in [6.07, 6.45) is 1.45. The van der Waals surface area contributed by atoms with Gasteiger partial charge in [-0.15, -0.1) is 0 Å². The van der Waals surface area contributed by atoms with Gasteiger partial charge in [0.25, 0.3) is 0 Å². The minimum absolute atomic E-state index is 0.0720. The summed E-state index contributed by atoms with van der Waals surface area (Å²) in [7, 11) is 0. The van der Waals surface area contributed by atoms with Gasteiger partial charge in [-0.25, -0.2) is 9.97 Å². The first-order valence-corrected chi connectivity index (χ1v) is 6.09. The van der Waals surface area contributed by atoms with Crippen molar-refractivity contribution in [1.82, 2.24) is 15.3 Å². The Morgan fingerprint density at radius 3 is 2.89 bits per heavy atom. The molecule has 0 radical (unpaired) electrons. The van der Waals surface area contributed by atoms with Crippen molar-refractivity contribution in [3.8, 4) is 0 Å². The highest BCUT2D eigenvalue weighted by Crippen LogP contribution is 2.20. The first-order chi connectivity index (χ1) is 9.06. The first kappa shape index (κ1) is 13.1. The average molecular weight is 259 g/mol. The predicted octanol–water partition coefficient (Wildman–Crippen LogP) is 1.15. The predicted molar refractivity (Wildman–Crippen MR) is 75.7 cm³/mol. The summed E-state index contributed by atoms with van der Waals surface area (Å²) < 4.78 is 0. The van der Waals surface area contributed by atoms with Crippen molar-refractivity contribution in [1.29, 1.82) is 0 Å². The molecule has 19 heavy (non-hydrogen) atoms. The molecule has 0 aliphatic rings. The Balaban J connectivity index is 2.15. The number of rotatable bonds is 4. The Morgan fingerprint density at radius 2 is 2.16 bits per heavy atom. The van der Waals surface area contributed by atoms with E-state index in [1.807, 2.05) is 19.9 Å². The number of nitrogens with two attached hydrogens (primary N) is 1. The van der Waals surface area contributed by atoms with Gasteiger partial charge in [-0.3, -0.25) is 4.79 Å². The molecule has 0 saturated heterocycles. The lowest BCUT2D eigenvalue weighted by Gasteiger charge is -2.10. The Kier molecular flexibility index (Phi) is 3.79. The number of amides is 1. The molecule has 1 aromatic heterocycles. The van der Waals surface area contributed by atoms with Crippen LogP contribution in [0.5, 0.6) is 0 Å². The van der Waals surface area contributed by atoms with Gasteiger partial charge in [0.2, 0.25) is 5.91 Å². The number of carbonyl (C=O) groups excluding carboxylic acids is 1. The number of anilines is 2. The van der Waals surface area contributed by atoms with Crippen LogP contribution in [-0.4, -0.2) is 28.5 Å². The van der Waals surface area contributed by atoms with Gasteiger partial charge >= 0.3 is 0 Å².